The lowest BCUT2D eigenvalue weighted by Crippen LogP contribution is -2.28. The Kier molecular flexibility index (Phi) is 3.81. The maximum atomic E-state index is 12.3. The number of halogens is 4. The van der Waals surface area contributed by atoms with Crippen molar-refractivity contribution in [1.82, 2.24) is 9.04 Å². The lowest BCUT2D eigenvalue weighted by atomic mass is 9.98. The van der Waals surface area contributed by atoms with Crippen molar-refractivity contribution in [1.29, 1.82) is 0 Å². The van der Waals surface area contributed by atoms with Crippen LogP contribution in [0.3, 0.4) is 0 Å². The van der Waals surface area contributed by atoms with E-state index in [1.807, 2.05) is 28.2 Å². The summed E-state index contributed by atoms with van der Waals surface area (Å²) < 4.78 is 42.9. The van der Waals surface area contributed by atoms with Gasteiger partial charge >= 0.3 is 6.36 Å². The summed E-state index contributed by atoms with van der Waals surface area (Å²) in [5.74, 6) is -0.215. The van der Waals surface area contributed by atoms with E-state index in [1.165, 1.54) is 28.8 Å². The van der Waals surface area contributed by atoms with E-state index in [2.05, 4.69) is 33.0 Å². The zero-order chi connectivity index (χ0) is 17.8. The van der Waals surface area contributed by atoms with Crippen LogP contribution in [0.4, 0.5) is 13.2 Å². The van der Waals surface area contributed by atoms with Crippen molar-refractivity contribution >= 4 is 21.8 Å². The van der Waals surface area contributed by atoms with Crippen LogP contribution in [0, 0.1) is 0 Å². The molecule has 2 aliphatic rings. The highest BCUT2D eigenvalue weighted by Crippen LogP contribution is 2.50. The van der Waals surface area contributed by atoms with Crippen LogP contribution in [0.15, 0.2) is 54.1 Å². The summed E-state index contributed by atoms with van der Waals surface area (Å²) in [5, 5.41) is 2.03. The molecule has 25 heavy (non-hydrogen) atoms. The van der Waals surface area contributed by atoms with Crippen LogP contribution in [0.5, 0.6) is 5.75 Å². The Labute approximate surface area is 151 Å². The number of alkyl halides is 3. The molecule has 1 atom stereocenters. The van der Waals surface area contributed by atoms with E-state index < -0.39 is 6.36 Å². The molecule has 4 rings (SSSR count). The van der Waals surface area contributed by atoms with E-state index in [0.717, 1.165) is 17.7 Å². The minimum Gasteiger partial charge on any atom is -0.406 e. The van der Waals surface area contributed by atoms with E-state index in [1.54, 1.807) is 12.1 Å². The van der Waals surface area contributed by atoms with Crippen molar-refractivity contribution in [3.8, 4) is 5.75 Å². The lowest BCUT2D eigenvalue weighted by Gasteiger charge is -2.28. The molecular weight excluding hydrogens is 397 g/mol. The Morgan fingerprint density at radius 1 is 1.08 bits per heavy atom. The third kappa shape index (κ3) is 2.81. The molecule has 0 radical (unpaired) electrons. The number of rotatable bonds is 2. The highest BCUT2D eigenvalue weighted by atomic mass is 79.9. The molecule has 7 heteroatoms. The predicted octanol–water partition coefficient (Wildman–Crippen LogP) is 5.07. The summed E-state index contributed by atoms with van der Waals surface area (Å²) in [7, 11) is 1.97. The first-order valence-corrected chi connectivity index (χ1v) is 8.42. The smallest absolute Gasteiger partial charge is 0.406 e. The van der Waals surface area contributed by atoms with Crippen LogP contribution >= 0.6 is 16.1 Å². The van der Waals surface area contributed by atoms with Crippen LogP contribution in [-0.2, 0) is 6.42 Å². The van der Waals surface area contributed by atoms with Crippen molar-refractivity contribution < 1.29 is 17.9 Å². The first kappa shape index (κ1) is 16.5. The highest BCUT2D eigenvalue weighted by Gasteiger charge is 2.41. The topological polar surface area (TPSA) is 15.7 Å². The minimum atomic E-state index is -4.68. The number of fused-ring (bicyclic) bond motifs is 2. The van der Waals surface area contributed by atoms with E-state index in [9.17, 15) is 13.2 Å². The van der Waals surface area contributed by atoms with Crippen LogP contribution in [0.25, 0.3) is 5.70 Å². The van der Waals surface area contributed by atoms with Crippen molar-refractivity contribution in [3.63, 3.8) is 0 Å². The van der Waals surface area contributed by atoms with Gasteiger partial charge in [0.1, 0.15) is 5.75 Å². The third-order valence-corrected chi connectivity index (χ3v) is 5.43. The second-order valence-electron chi connectivity index (χ2n) is 6.04. The van der Waals surface area contributed by atoms with Gasteiger partial charge in [-0.15, -0.1) is 17.2 Å². The van der Waals surface area contributed by atoms with Crippen molar-refractivity contribution in [3.05, 3.63) is 70.8 Å². The number of benzene rings is 2. The molecule has 0 aromatic heterocycles. The molecule has 0 saturated carbocycles. The Hall–Kier alpha value is -1.99. The van der Waals surface area contributed by atoms with Gasteiger partial charge in [0, 0.05) is 28.8 Å². The molecular formula is C18H14BrF3N2O. The Morgan fingerprint density at radius 2 is 1.76 bits per heavy atom. The average Bonchev–Trinajstić information content (AvgIpc) is 3.03. The zero-order valence-corrected chi connectivity index (χ0v) is 14.8. The summed E-state index contributed by atoms with van der Waals surface area (Å²) in [5.41, 5.74) is 5.74. The molecule has 1 unspecified atom stereocenters. The summed E-state index contributed by atoms with van der Waals surface area (Å²) in [6.45, 7) is 0. The maximum absolute atomic E-state index is 12.3. The fraction of sp³-hybridized carbons (Fsp3) is 0.222. The molecule has 3 nitrogen and oxygen atoms in total. The molecule has 1 aliphatic carbocycles. The molecule has 1 aliphatic heterocycles. The molecule has 130 valence electrons. The fourth-order valence-corrected chi connectivity index (χ4v) is 4.19. The second-order valence-corrected chi connectivity index (χ2v) is 6.77. The summed E-state index contributed by atoms with van der Waals surface area (Å²) in [6.07, 6.45) is -3.86. The predicted molar refractivity (Wildman–Crippen MR) is 91.5 cm³/mol. The molecule has 0 fully saturated rings. The number of hydrogen-bond donors (Lipinski definition) is 0. The highest BCUT2D eigenvalue weighted by molar-refractivity contribution is 9.07. The number of ether oxygens (including phenoxy) is 1. The Bertz CT molecular complexity index is 848. The first-order chi connectivity index (χ1) is 11.8. The standard InChI is InChI=1S/C18H14BrF3N2O/c1-23-17-14-5-3-2-4-12(14)10-15(17)16(24(23)19)11-6-8-13(9-7-11)25-18(20,21)22/h2-9,16H,10H2,1H3. The summed E-state index contributed by atoms with van der Waals surface area (Å²) in [6, 6.07) is 14.2. The van der Waals surface area contributed by atoms with E-state index in [0.29, 0.717) is 0 Å². The van der Waals surface area contributed by atoms with Gasteiger partial charge in [-0.2, -0.15) is 0 Å². The number of hydrogen-bond acceptors (Lipinski definition) is 3. The van der Waals surface area contributed by atoms with Crippen LogP contribution in [0.1, 0.15) is 22.7 Å². The van der Waals surface area contributed by atoms with E-state index in [4.69, 9.17) is 0 Å². The van der Waals surface area contributed by atoms with Crippen molar-refractivity contribution in [2.75, 3.05) is 7.05 Å². The molecule has 0 bridgehead atoms. The van der Waals surface area contributed by atoms with Crippen LogP contribution in [0.2, 0.25) is 0 Å². The van der Waals surface area contributed by atoms with Gasteiger partial charge < -0.3 is 4.74 Å². The minimum absolute atomic E-state index is 0.0765. The van der Waals surface area contributed by atoms with Gasteiger partial charge in [0.25, 0.3) is 0 Å². The second kappa shape index (κ2) is 5.78. The van der Waals surface area contributed by atoms with Gasteiger partial charge in [0.05, 0.1) is 11.7 Å². The van der Waals surface area contributed by atoms with E-state index >= 15 is 0 Å². The van der Waals surface area contributed by atoms with Gasteiger partial charge in [-0.05, 0) is 35.3 Å². The van der Waals surface area contributed by atoms with Crippen LogP contribution < -0.4 is 4.74 Å². The normalized spacial score (nSPS) is 20.0. The molecule has 0 spiro atoms. The van der Waals surface area contributed by atoms with E-state index in [-0.39, 0.29) is 11.8 Å². The molecule has 1 heterocycles. The molecule has 0 saturated heterocycles. The van der Waals surface area contributed by atoms with Crippen LogP contribution in [-0.4, -0.2) is 22.5 Å². The van der Waals surface area contributed by atoms with Gasteiger partial charge in [-0.1, -0.05) is 36.4 Å². The van der Waals surface area contributed by atoms with Gasteiger partial charge in [0.2, 0.25) is 0 Å². The largest absolute Gasteiger partial charge is 0.573 e. The number of nitrogens with zero attached hydrogens (tertiary/aromatic N) is 2. The van der Waals surface area contributed by atoms with Crippen molar-refractivity contribution in [2.24, 2.45) is 0 Å². The molecule has 0 N–H and O–H groups in total. The first-order valence-electron chi connectivity index (χ1n) is 7.71. The maximum Gasteiger partial charge on any atom is 0.573 e. The molecule has 2 aromatic carbocycles. The summed E-state index contributed by atoms with van der Waals surface area (Å²) in [4.78, 5) is 0. The van der Waals surface area contributed by atoms with Crippen molar-refractivity contribution in [2.45, 2.75) is 18.8 Å². The monoisotopic (exact) mass is 410 g/mol. The SMILES string of the molecule is CN1C2=C(Cc3ccccc32)C(c2ccc(OC(F)(F)F)cc2)N1Br. The Balaban J connectivity index is 1.67. The van der Waals surface area contributed by atoms with Gasteiger partial charge in [0.15, 0.2) is 0 Å². The average molecular weight is 411 g/mol. The van der Waals surface area contributed by atoms with Gasteiger partial charge in [-0.25, -0.2) is 0 Å². The van der Waals surface area contributed by atoms with Gasteiger partial charge in [-0.3, -0.25) is 5.01 Å². The lowest BCUT2D eigenvalue weighted by molar-refractivity contribution is -0.274. The molecule has 0 amide bonds. The fourth-order valence-electron chi connectivity index (χ4n) is 3.55. The molecule has 2 aromatic rings. The number of hydrazine groups is 1. The Morgan fingerprint density at radius 3 is 2.44 bits per heavy atom. The third-order valence-electron chi connectivity index (χ3n) is 4.54. The quantitative estimate of drug-likeness (QED) is 0.643. The summed E-state index contributed by atoms with van der Waals surface area (Å²) >= 11 is 3.59. The zero-order valence-electron chi connectivity index (χ0n) is 13.2.